The summed E-state index contributed by atoms with van der Waals surface area (Å²) in [5.41, 5.74) is 3.45. The molecule has 7 nitrogen and oxygen atoms in total. The Morgan fingerprint density at radius 1 is 1.38 bits per heavy atom. The van der Waals surface area contributed by atoms with Gasteiger partial charge in [-0.1, -0.05) is 0 Å². The number of anilines is 1. The van der Waals surface area contributed by atoms with Crippen LogP contribution >= 0.6 is 0 Å². The molecule has 1 amide bonds. The van der Waals surface area contributed by atoms with E-state index < -0.39 is 6.09 Å². The van der Waals surface area contributed by atoms with Crippen molar-refractivity contribution in [2.75, 3.05) is 38.0 Å². The number of fused-ring (bicyclic) bond motifs is 4. The molecule has 3 N–H and O–H groups in total. The third kappa shape index (κ3) is 1.88. The van der Waals surface area contributed by atoms with E-state index >= 15 is 0 Å². The van der Waals surface area contributed by atoms with Gasteiger partial charge in [0.15, 0.2) is 0 Å². The second-order valence-corrected chi connectivity index (χ2v) is 5.54. The van der Waals surface area contributed by atoms with Gasteiger partial charge in [0.1, 0.15) is 5.82 Å². The van der Waals surface area contributed by atoms with Gasteiger partial charge in [-0.25, -0.2) is 9.78 Å². The number of aromatic nitrogens is 1. The summed E-state index contributed by atoms with van der Waals surface area (Å²) in [6, 6.07) is 4.19. The first-order valence-electron chi connectivity index (χ1n) is 7.15. The average Bonchev–Trinajstić information content (AvgIpc) is 2.53. The summed E-state index contributed by atoms with van der Waals surface area (Å²) in [6.07, 6.45) is 0.954. The van der Waals surface area contributed by atoms with Gasteiger partial charge in [0, 0.05) is 37.9 Å². The van der Waals surface area contributed by atoms with Gasteiger partial charge in [-0.15, -0.1) is 0 Å². The van der Waals surface area contributed by atoms with E-state index in [4.69, 9.17) is 0 Å². The quantitative estimate of drug-likeness (QED) is 0.642. The standard InChI is InChI=1S/C14H17N5O2/c20-14(21)18-4-5-19-9(8-18)6-16-11-7-17-13-10(12(11)19)2-1-3-15-13/h1-3,9,16H,4-8H2,(H,15,17)(H,20,21). The highest BCUT2D eigenvalue weighted by Gasteiger charge is 2.37. The molecule has 0 radical (unpaired) electrons. The molecule has 21 heavy (non-hydrogen) atoms. The van der Waals surface area contributed by atoms with Crippen molar-refractivity contribution < 1.29 is 9.90 Å². The number of hydrogen-bond donors (Lipinski definition) is 3. The Kier molecular flexibility index (Phi) is 2.66. The van der Waals surface area contributed by atoms with Crippen molar-refractivity contribution in [1.29, 1.82) is 0 Å². The lowest BCUT2D eigenvalue weighted by atomic mass is 9.99. The van der Waals surface area contributed by atoms with Crippen LogP contribution < -0.4 is 10.6 Å². The van der Waals surface area contributed by atoms with E-state index in [2.05, 4.69) is 26.6 Å². The first-order valence-corrected chi connectivity index (χ1v) is 7.15. The summed E-state index contributed by atoms with van der Waals surface area (Å²) >= 11 is 0. The zero-order valence-electron chi connectivity index (χ0n) is 11.5. The molecule has 4 rings (SSSR count). The van der Waals surface area contributed by atoms with Crippen LogP contribution in [0.4, 0.5) is 10.6 Å². The number of carbonyl (C=O) groups is 1. The lowest BCUT2D eigenvalue weighted by molar-refractivity contribution is 0.0936. The molecule has 1 aromatic heterocycles. The summed E-state index contributed by atoms with van der Waals surface area (Å²) in [5.74, 6) is 0.902. The fraction of sp³-hybridized carbons (Fsp3) is 0.429. The Labute approximate surface area is 122 Å². The maximum atomic E-state index is 11.2. The average molecular weight is 287 g/mol. The van der Waals surface area contributed by atoms with Crippen LogP contribution in [0.1, 0.15) is 5.56 Å². The number of amides is 1. The second kappa shape index (κ2) is 4.54. The van der Waals surface area contributed by atoms with Crippen LogP contribution in [0.25, 0.3) is 5.70 Å². The largest absolute Gasteiger partial charge is 0.465 e. The highest BCUT2D eigenvalue weighted by atomic mass is 16.4. The number of pyridine rings is 1. The van der Waals surface area contributed by atoms with Gasteiger partial charge in [-0.05, 0) is 12.1 Å². The van der Waals surface area contributed by atoms with Crippen molar-refractivity contribution in [3.63, 3.8) is 0 Å². The van der Waals surface area contributed by atoms with Gasteiger partial charge in [0.2, 0.25) is 0 Å². The molecule has 1 unspecified atom stereocenters. The molecule has 3 aliphatic rings. The van der Waals surface area contributed by atoms with E-state index in [1.165, 1.54) is 16.3 Å². The number of carboxylic acid groups (broad SMARTS) is 1. The molecule has 0 spiro atoms. The Morgan fingerprint density at radius 3 is 3.14 bits per heavy atom. The van der Waals surface area contributed by atoms with Crippen LogP contribution in [-0.2, 0) is 0 Å². The summed E-state index contributed by atoms with van der Waals surface area (Å²) < 4.78 is 0. The van der Waals surface area contributed by atoms with Crippen molar-refractivity contribution >= 4 is 17.6 Å². The highest BCUT2D eigenvalue weighted by Crippen LogP contribution is 2.35. The zero-order chi connectivity index (χ0) is 14.4. The minimum Gasteiger partial charge on any atom is -0.465 e. The Hall–Kier alpha value is -2.44. The molecular weight excluding hydrogens is 270 g/mol. The molecule has 4 heterocycles. The summed E-state index contributed by atoms with van der Waals surface area (Å²) in [5, 5.41) is 15.9. The molecule has 1 atom stereocenters. The van der Waals surface area contributed by atoms with Crippen molar-refractivity contribution in [3.05, 3.63) is 29.6 Å². The minimum atomic E-state index is -0.832. The number of rotatable bonds is 0. The van der Waals surface area contributed by atoms with E-state index in [0.717, 1.165) is 31.0 Å². The lowest BCUT2D eigenvalue weighted by Gasteiger charge is -2.48. The highest BCUT2D eigenvalue weighted by molar-refractivity contribution is 5.79. The maximum absolute atomic E-state index is 11.2. The van der Waals surface area contributed by atoms with Crippen molar-refractivity contribution in [3.8, 4) is 0 Å². The molecule has 1 fully saturated rings. The molecule has 110 valence electrons. The minimum absolute atomic E-state index is 0.180. The lowest BCUT2D eigenvalue weighted by Crippen LogP contribution is -2.60. The van der Waals surface area contributed by atoms with Gasteiger partial charge < -0.3 is 25.5 Å². The first kappa shape index (κ1) is 12.3. The van der Waals surface area contributed by atoms with Crippen LogP contribution in [0.3, 0.4) is 0 Å². The molecule has 1 aromatic rings. The predicted octanol–water partition coefficient (Wildman–Crippen LogP) is 0.443. The number of hydrogen-bond acceptors (Lipinski definition) is 5. The van der Waals surface area contributed by atoms with Crippen LogP contribution in [-0.4, -0.2) is 64.7 Å². The Bertz CT molecular complexity index is 630. The van der Waals surface area contributed by atoms with Crippen LogP contribution in [0.5, 0.6) is 0 Å². The van der Waals surface area contributed by atoms with Crippen molar-refractivity contribution in [1.82, 2.24) is 20.1 Å². The topological polar surface area (TPSA) is 80.7 Å². The summed E-state index contributed by atoms with van der Waals surface area (Å²) in [4.78, 5) is 19.4. The first-order chi connectivity index (χ1) is 10.2. The normalized spacial score (nSPS) is 23.5. The third-order valence-corrected chi connectivity index (χ3v) is 4.37. The second-order valence-electron chi connectivity index (χ2n) is 5.54. The van der Waals surface area contributed by atoms with Gasteiger partial charge in [0.05, 0.1) is 24.0 Å². The third-order valence-electron chi connectivity index (χ3n) is 4.37. The monoisotopic (exact) mass is 287 g/mol. The Balaban J connectivity index is 1.70. The van der Waals surface area contributed by atoms with Crippen molar-refractivity contribution in [2.24, 2.45) is 0 Å². The molecule has 7 heteroatoms. The molecule has 0 aromatic carbocycles. The SMILES string of the molecule is O=C(O)N1CCN2C3=C(CNc4ncccc43)NCC2C1. The van der Waals surface area contributed by atoms with E-state index in [1.54, 1.807) is 6.20 Å². The zero-order valence-corrected chi connectivity index (χ0v) is 11.5. The van der Waals surface area contributed by atoms with Gasteiger partial charge in [0.25, 0.3) is 0 Å². The van der Waals surface area contributed by atoms with E-state index in [0.29, 0.717) is 13.1 Å². The summed E-state index contributed by atoms with van der Waals surface area (Å²) in [7, 11) is 0. The molecule has 0 bridgehead atoms. The Morgan fingerprint density at radius 2 is 2.29 bits per heavy atom. The van der Waals surface area contributed by atoms with Gasteiger partial charge in [-0.2, -0.15) is 0 Å². The number of nitrogens with zero attached hydrogens (tertiary/aromatic N) is 3. The molecular formula is C14H17N5O2. The maximum Gasteiger partial charge on any atom is 0.407 e. The molecule has 0 aliphatic carbocycles. The fourth-order valence-corrected chi connectivity index (χ4v) is 3.37. The molecule has 1 saturated heterocycles. The van der Waals surface area contributed by atoms with Gasteiger partial charge >= 0.3 is 6.09 Å². The van der Waals surface area contributed by atoms with Crippen molar-refractivity contribution in [2.45, 2.75) is 6.04 Å². The predicted molar refractivity (Wildman–Crippen MR) is 77.7 cm³/mol. The molecule has 0 saturated carbocycles. The fourth-order valence-electron chi connectivity index (χ4n) is 3.37. The van der Waals surface area contributed by atoms with E-state index in [-0.39, 0.29) is 6.04 Å². The van der Waals surface area contributed by atoms with Gasteiger partial charge in [-0.3, -0.25) is 0 Å². The van der Waals surface area contributed by atoms with E-state index in [1.807, 2.05) is 6.07 Å². The number of nitrogens with one attached hydrogen (secondary N) is 2. The smallest absolute Gasteiger partial charge is 0.407 e. The van der Waals surface area contributed by atoms with Crippen LogP contribution in [0, 0.1) is 0 Å². The van der Waals surface area contributed by atoms with Crippen LogP contribution in [0.15, 0.2) is 24.0 Å². The summed E-state index contributed by atoms with van der Waals surface area (Å²) in [6.45, 7) is 3.34. The van der Waals surface area contributed by atoms with Crippen LogP contribution in [0.2, 0.25) is 0 Å². The molecule has 3 aliphatic heterocycles. The van der Waals surface area contributed by atoms with E-state index in [9.17, 15) is 9.90 Å². The number of piperazine rings is 1.